The minimum Gasteiger partial charge on any atom is -0.490 e. The van der Waals surface area contributed by atoms with E-state index in [1.807, 2.05) is 43.3 Å². The number of benzene rings is 3. The van der Waals surface area contributed by atoms with E-state index >= 15 is 4.39 Å². The minimum atomic E-state index is -3.10. The van der Waals surface area contributed by atoms with Crippen LogP contribution in [0.5, 0.6) is 17.2 Å². The summed E-state index contributed by atoms with van der Waals surface area (Å²) in [6.07, 6.45) is 7.17. The van der Waals surface area contributed by atoms with Gasteiger partial charge >= 0.3 is 6.61 Å². The normalized spacial score (nSPS) is 11.7. The first kappa shape index (κ1) is 22.3. The van der Waals surface area contributed by atoms with Crippen molar-refractivity contribution in [3.63, 3.8) is 0 Å². The fourth-order valence-electron chi connectivity index (χ4n) is 3.03. The molecule has 0 saturated carbocycles. The van der Waals surface area contributed by atoms with Gasteiger partial charge in [-0.1, -0.05) is 48.6 Å². The second-order valence-electron chi connectivity index (χ2n) is 6.62. The van der Waals surface area contributed by atoms with Crippen molar-refractivity contribution in [2.75, 3.05) is 13.2 Å². The third-order valence-corrected chi connectivity index (χ3v) is 4.54. The van der Waals surface area contributed by atoms with Crippen molar-refractivity contribution in [3.05, 3.63) is 78.7 Å². The van der Waals surface area contributed by atoms with E-state index in [0.29, 0.717) is 12.0 Å². The number of hydrogen-bond donors (Lipinski definition) is 0. The van der Waals surface area contributed by atoms with Gasteiger partial charge in [-0.15, -0.1) is 0 Å². The highest BCUT2D eigenvalue weighted by atomic mass is 19.3. The zero-order chi connectivity index (χ0) is 22.2. The highest BCUT2D eigenvalue weighted by Gasteiger charge is 2.19. The van der Waals surface area contributed by atoms with Crippen LogP contribution in [0, 0.1) is 5.82 Å². The van der Waals surface area contributed by atoms with E-state index in [1.165, 1.54) is 6.07 Å². The van der Waals surface area contributed by atoms with Crippen LogP contribution in [0.3, 0.4) is 0 Å². The molecule has 0 aliphatic carbocycles. The number of fused-ring (bicyclic) bond motifs is 1. The maximum atomic E-state index is 15.0. The maximum Gasteiger partial charge on any atom is 0.387 e. The van der Waals surface area contributed by atoms with Crippen molar-refractivity contribution in [3.8, 4) is 28.4 Å². The van der Waals surface area contributed by atoms with Gasteiger partial charge in [0.15, 0.2) is 17.3 Å². The first-order valence-electron chi connectivity index (χ1n) is 9.83. The lowest BCUT2D eigenvalue weighted by atomic mass is 10.0. The maximum absolute atomic E-state index is 15.0. The lowest BCUT2D eigenvalue weighted by molar-refractivity contribution is -0.0515. The Labute approximate surface area is 179 Å². The summed E-state index contributed by atoms with van der Waals surface area (Å²) in [6, 6.07) is 13.9. The van der Waals surface area contributed by atoms with Crippen LogP contribution < -0.4 is 14.2 Å². The summed E-state index contributed by atoms with van der Waals surface area (Å²) in [4.78, 5) is 0. The van der Waals surface area contributed by atoms with Crippen LogP contribution in [0.15, 0.2) is 72.8 Å². The Morgan fingerprint density at radius 1 is 0.839 bits per heavy atom. The largest absolute Gasteiger partial charge is 0.490 e. The number of ether oxygens (including phenoxy) is 3. The van der Waals surface area contributed by atoms with Gasteiger partial charge in [-0.3, -0.25) is 0 Å². The van der Waals surface area contributed by atoms with E-state index in [-0.39, 0.29) is 23.5 Å². The summed E-state index contributed by atoms with van der Waals surface area (Å²) in [5.74, 6) is -0.684. The molecule has 0 radical (unpaired) electrons. The Hall–Kier alpha value is -3.41. The Balaban J connectivity index is 1.96. The van der Waals surface area contributed by atoms with Crippen molar-refractivity contribution in [2.45, 2.75) is 20.5 Å². The highest BCUT2D eigenvalue weighted by Crippen LogP contribution is 2.39. The quantitative estimate of drug-likeness (QED) is 0.339. The molecule has 0 fully saturated rings. The summed E-state index contributed by atoms with van der Waals surface area (Å²) in [5.41, 5.74) is 1.68. The van der Waals surface area contributed by atoms with E-state index in [0.717, 1.165) is 16.9 Å². The monoisotopic (exact) mass is 428 g/mol. The van der Waals surface area contributed by atoms with Gasteiger partial charge in [0.05, 0.1) is 0 Å². The molecule has 0 aliphatic rings. The number of alkyl halides is 2. The second kappa shape index (κ2) is 10.6. The van der Waals surface area contributed by atoms with Crippen LogP contribution in [-0.2, 0) is 0 Å². The molecule has 0 aromatic heterocycles. The molecule has 0 spiro atoms. The summed E-state index contributed by atoms with van der Waals surface area (Å²) < 4.78 is 56.3. The number of hydrogen-bond acceptors (Lipinski definition) is 3. The molecule has 3 aromatic rings. The van der Waals surface area contributed by atoms with Gasteiger partial charge in [-0.05, 0) is 54.6 Å². The molecule has 3 aromatic carbocycles. The van der Waals surface area contributed by atoms with Crippen LogP contribution in [0.1, 0.15) is 13.8 Å². The predicted molar refractivity (Wildman–Crippen MR) is 117 cm³/mol. The summed E-state index contributed by atoms with van der Waals surface area (Å²) in [5, 5.41) is 0.685. The van der Waals surface area contributed by atoms with E-state index in [9.17, 15) is 8.78 Å². The van der Waals surface area contributed by atoms with E-state index in [2.05, 4.69) is 4.74 Å². The van der Waals surface area contributed by atoms with Crippen LogP contribution in [0.25, 0.3) is 21.9 Å². The molecule has 0 N–H and O–H groups in total. The molecule has 0 amide bonds. The van der Waals surface area contributed by atoms with E-state index < -0.39 is 12.4 Å². The van der Waals surface area contributed by atoms with Crippen molar-refractivity contribution < 1.29 is 27.4 Å². The lowest BCUT2D eigenvalue weighted by Crippen LogP contribution is -2.06. The Kier molecular flexibility index (Phi) is 7.60. The first-order chi connectivity index (χ1) is 15.0. The van der Waals surface area contributed by atoms with Gasteiger partial charge in [0.25, 0.3) is 0 Å². The van der Waals surface area contributed by atoms with Crippen LogP contribution in [0.4, 0.5) is 13.2 Å². The molecule has 0 aliphatic heterocycles. The van der Waals surface area contributed by atoms with Gasteiger partial charge in [-0.2, -0.15) is 8.78 Å². The summed E-state index contributed by atoms with van der Waals surface area (Å²) in [6.45, 7) is 1.12. The number of allylic oxidation sites excluding steroid dienone is 2. The van der Waals surface area contributed by atoms with E-state index in [4.69, 9.17) is 9.47 Å². The van der Waals surface area contributed by atoms with Crippen molar-refractivity contribution >= 4 is 10.8 Å². The Morgan fingerprint density at radius 2 is 1.48 bits per heavy atom. The fourth-order valence-corrected chi connectivity index (χ4v) is 3.03. The van der Waals surface area contributed by atoms with Crippen molar-refractivity contribution in [1.29, 1.82) is 0 Å². The molecule has 0 atom stereocenters. The Bertz CT molecular complexity index is 1070. The van der Waals surface area contributed by atoms with Gasteiger partial charge in [0, 0.05) is 5.39 Å². The van der Waals surface area contributed by atoms with Crippen LogP contribution >= 0.6 is 0 Å². The molecule has 6 heteroatoms. The average Bonchev–Trinajstić information content (AvgIpc) is 2.76. The molecule has 0 unspecified atom stereocenters. The molecule has 162 valence electrons. The third-order valence-electron chi connectivity index (χ3n) is 4.54. The van der Waals surface area contributed by atoms with Gasteiger partial charge in [0.1, 0.15) is 19.0 Å². The van der Waals surface area contributed by atoms with Gasteiger partial charge in [-0.25, -0.2) is 4.39 Å². The molecule has 0 bridgehead atoms. The van der Waals surface area contributed by atoms with E-state index in [1.54, 1.807) is 37.3 Å². The molecular formula is C25H23F3O3. The molecule has 3 nitrogen and oxygen atoms in total. The second-order valence-corrected chi connectivity index (χ2v) is 6.62. The van der Waals surface area contributed by atoms with Crippen molar-refractivity contribution in [1.82, 2.24) is 0 Å². The molecule has 31 heavy (non-hydrogen) atoms. The average molecular weight is 428 g/mol. The highest BCUT2D eigenvalue weighted by molar-refractivity contribution is 5.90. The standard InChI is InChI=1S/C25H23F3O3/c1-3-5-13-29-20-10-7-17(8-11-20)18-9-12-21-19(15-18)16-22(31-25(27)28)24(23(21)26)30-14-6-4-2/h3-12,15-16,25H,13-14H2,1-2H3. The Morgan fingerprint density at radius 3 is 2.13 bits per heavy atom. The molecule has 0 heterocycles. The molecule has 0 saturated heterocycles. The molecule has 3 rings (SSSR count). The zero-order valence-electron chi connectivity index (χ0n) is 17.3. The number of rotatable bonds is 9. The first-order valence-corrected chi connectivity index (χ1v) is 9.83. The number of halogens is 3. The minimum absolute atomic E-state index is 0.0407. The zero-order valence-corrected chi connectivity index (χ0v) is 17.3. The summed E-state index contributed by atoms with van der Waals surface area (Å²) in [7, 11) is 0. The lowest BCUT2D eigenvalue weighted by Gasteiger charge is -2.15. The van der Waals surface area contributed by atoms with Gasteiger partial charge < -0.3 is 14.2 Å². The molecular weight excluding hydrogens is 405 g/mol. The smallest absolute Gasteiger partial charge is 0.387 e. The van der Waals surface area contributed by atoms with Gasteiger partial charge in [0.2, 0.25) is 0 Å². The van der Waals surface area contributed by atoms with Crippen LogP contribution in [0.2, 0.25) is 0 Å². The third kappa shape index (κ3) is 5.60. The van der Waals surface area contributed by atoms with Crippen molar-refractivity contribution in [2.24, 2.45) is 0 Å². The summed E-state index contributed by atoms with van der Waals surface area (Å²) >= 11 is 0. The van der Waals surface area contributed by atoms with Crippen LogP contribution in [-0.4, -0.2) is 19.8 Å². The predicted octanol–water partition coefficient (Wildman–Crippen LogP) is 7.16. The topological polar surface area (TPSA) is 27.7 Å². The fraction of sp³-hybridized carbons (Fsp3) is 0.200. The SMILES string of the molecule is CC=CCOc1ccc(-c2ccc3c(F)c(OCC=CC)c(OC(F)F)cc3c2)cc1.